The summed E-state index contributed by atoms with van der Waals surface area (Å²) in [4.78, 5) is 37.5. The average molecular weight is 540 g/mol. The molecule has 38 heavy (non-hydrogen) atoms. The number of carbonyl (C=O) groups is 3. The molecule has 0 heterocycles. The Balaban J connectivity index is 3.33. The van der Waals surface area contributed by atoms with Crippen LogP contribution in [0.1, 0.15) is 135 Å². The molecule has 1 amide bonds. The lowest BCUT2D eigenvalue weighted by Crippen LogP contribution is -2.34. The van der Waals surface area contributed by atoms with E-state index in [2.05, 4.69) is 15.6 Å². The van der Waals surface area contributed by atoms with Gasteiger partial charge < -0.3 is 32.0 Å². The van der Waals surface area contributed by atoms with Crippen molar-refractivity contribution in [3.05, 3.63) is 0 Å². The molecule has 9 nitrogen and oxygen atoms in total. The van der Waals surface area contributed by atoms with Crippen molar-refractivity contribution >= 4 is 24.1 Å². The summed E-state index contributed by atoms with van der Waals surface area (Å²) in [7, 11) is 0. The van der Waals surface area contributed by atoms with Gasteiger partial charge >= 0.3 is 5.97 Å². The van der Waals surface area contributed by atoms with E-state index in [0.717, 1.165) is 44.8 Å². The minimum atomic E-state index is -0.678. The number of rotatable bonds is 29. The van der Waals surface area contributed by atoms with Crippen LogP contribution in [0.25, 0.3) is 0 Å². The highest BCUT2D eigenvalue weighted by Crippen LogP contribution is 2.14. The molecule has 0 aliphatic rings. The van der Waals surface area contributed by atoms with Gasteiger partial charge in [0.15, 0.2) is 5.96 Å². The lowest BCUT2D eigenvalue weighted by Gasteiger charge is -2.12. The highest BCUT2D eigenvalue weighted by Gasteiger charge is 2.06. The summed E-state index contributed by atoms with van der Waals surface area (Å²) in [6.45, 7) is 1.83. The number of guanidine groups is 1. The number of aliphatic imine (C=N–C) groups is 1. The number of aldehydes is 1. The molecular weight excluding hydrogens is 482 g/mol. The van der Waals surface area contributed by atoms with Gasteiger partial charge in [-0.3, -0.25) is 14.6 Å². The maximum absolute atomic E-state index is 12.0. The van der Waals surface area contributed by atoms with E-state index in [1.54, 1.807) is 0 Å². The second kappa shape index (κ2) is 27.9. The first-order valence-corrected chi connectivity index (χ1v) is 15.2. The zero-order chi connectivity index (χ0) is 28.1. The van der Waals surface area contributed by atoms with E-state index < -0.39 is 5.97 Å². The molecule has 222 valence electrons. The third kappa shape index (κ3) is 28.4. The predicted molar refractivity (Wildman–Crippen MR) is 156 cm³/mol. The molecule has 0 aliphatic carbocycles. The van der Waals surface area contributed by atoms with Gasteiger partial charge in [-0.1, -0.05) is 89.9 Å². The number of hydrogen-bond donors (Lipinski definition) is 5. The number of nitrogens with two attached hydrogens (primary N) is 2. The Morgan fingerprint density at radius 2 is 1.16 bits per heavy atom. The molecule has 0 saturated carbocycles. The number of nitrogens with zero attached hydrogens (tertiary/aromatic N) is 1. The Morgan fingerprint density at radius 3 is 1.61 bits per heavy atom. The predicted octanol–water partition coefficient (Wildman–Crippen LogP) is 4.81. The molecule has 0 rings (SSSR count). The second-order valence-electron chi connectivity index (χ2n) is 10.4. The summed E-state index contributed by atoms with van der Waals surface area (Å²) >= 11 is 0. The van der Waals surface area contributed by atoms with Crippen molar-refractivity contribution in [3.8, 4) is 0 Å². The van der Waals surface area contributed by atoms with Gasteiger partial charge in [-0.25, -0.2) is 0 Å². The molecule has 0 aromatic rings. The maximum atomic E-state index is 12.0. The Hall–Kier alpha value is -2.16. The molecule has 0 aliphatic heterocycles. The van der Waals surface area contributed by atoms with Crippen LogP contribution in [0.15, 0.2) is 4.99 Å². The Bertz CT molecular complexity index is 612. The van der Waals surface area contributed by atoms with Crippen LogP contribution in [0, 0.1) is 0 Å². The largest absolute Gasteiger partial charge is 0.481 e. The number of hydrogen-bond acceptors (Lipinski definition) is 5. The number of nitrogens with one attached hydrogen (secondary N) is 2. The van der Waals surface area contributed by atoms with Gasteiger partial charge in [0, 0.05) is 25.9 Å². The van der Waals surface area contributed by atoms with Gasteiger partial charge in [0.05, 0.1) is 6.04 Å². The number of aliphatic carboxylic acids is 1. The quantitative estimate of drug-likeness (QED) is 0.0394. The molecule has 0 bridgehead atoms. The molecule has 0 fully saturated rings. The van der Waals surface area contributed by atoms with Crippen molar-refractivity contribution in [1.82, 2.24) is 10.6 Å². The summed E-state index contributed by atoms with van der Waals surface area (Å²) < 4.78 is 0. The van der Waals surface area contributed by atoms with Gasteiger partial charge in [-0.2, -0.15) is 0 Å². The van der Waals surface area contributed by atoms with Gasteiger partial charge in [0.1, 0.15) is 6.29 Å². The fourth-order valence-electron chi connectivity index (χ4n) is 4.47. The summed E-state index contributed by atoms with van der Waals surface area (Å²) in [6.07, 6.45) is 23.4. The average Bonchev–Trinajstić information content (AvgIpc) is 2.88. The molecule has 0 aromatic heterocycles. The van der Waals surface area contributed by atoms with E-state index in [1.165, 1.54) is 77.0 Å². The van der Waals surface area contributed by atoms with E-state index >= 15 is 0 Å². The SMILES string of the molecule is NC(N)=NCCCC(C=O)NCCCNC(=O)CCCCCCCCCCCCCCCCCCC(=O)O. The first-order valence-electron chi connectivity index (χ1n) is 15.2. The van der Waals surface area contributed by atoms with Crippen LogP contribution in [0.2, 0.25) is 0 Å². The maximum Gasteiger partial charge on any atom is 0.303 e. The van der Waals surface area contributed by atoms with Crippen LogP contribution in [-0.2, 0) is 14.4 Å². The van der Waals surface area contributed by atoms with Crippen molar-refractivity contribution < 1.29 is 19.5 Å². The fourth-order valence-corrected chi connectivity index (χ4v) is 4.47. The van der Waals surface area contributed by atoms with Crippen LogP contribution in [0.4, 0.5) is 0 Å². The fraction of sp³-hybridized carbons (Fsp3) is 0.862. The molecular formula is C29H57N5O4. The number of carbonyl (C=O) groups excluding carboxylic acids is 2. The first kappa shape index (κ1) is 35.8. The normalized spacial score (nSPS) is 11.7. The summed E-state index contributed by atoms with van der Waals surface area (Å²) in [5, 5.41) is 14.8. The van der Waals surface area contributed by atoms with Crippen LogP contribution in [-0.4, -0.2) is 54.9 Å². The van der Waals surface area contributed by atoms with E-state index in [-0.39, 0.29) is 17.9 Å². The van der Waals surface area contributed by atoms with Gasteiger partial charge in [-0.15, -0.1) is 0 Å². The molecule has 9 heteroatoms. The number of carboxylic acids is 1. The third-order valence-electron chi connectivity index (χ3n) is 6.76. The minimum absolute atomic E-state index is 0.0707. The zero-order valence-corrected chi connectivity index (χ0v) is 23.9. The van der Waals surface area contributed by atoms with Crippen LogP contribution < -0.4 is 22.1 Å². The van der Waals surface area contributed by atoms with Gasteiger partial charge in [0.25, 0.3) is 0 Å². The molecule has 0 saturated heterocycles. The Labute approximate surface area is 231 Å². The molecule has 0 spiro atoms. The first-order chi connectivity index (χ1) is 18.5. The number of carboxylic acid groups (broad SMARTS) is 1. The lowest BCUT2D eigenvalue weighted by atomic mass is 10.0. The third-order valence-corrected chi connectivity index (χ3v) is 6.76. The van der Waals surface area contributed by atoms with Crippen molar-refractivity contribution in [2.75, 3.05) is 19.6 Å². The second-order valence-corrected chi connectivity index (χ2v) is 10.4. The van der Waals surface area contributed by atoms with E-state index in [1.807, 2.05) is 0 Å². The topological polar surface area (TPSA) is 160 Å². The highest BCUT2D eigenvalue weighted by atomic mass is 16.4. The Kier molecular flexibility index (Phi) is 26.3. The van der Waals surface area contributed by atoms with Crippen molar-refractivity contribution in [2.45, 2.75) is 141 Å². The van der Waals surface area contributed by atoms with Crippen LogP contribution in [0.3, 0.4) is 0 Å². The summed E-state index contributed by atoms with van der Waals surface area (Å²) in [6, 6.07) is -0.204. The monoisotopic (exact) mass is 539 g/mol. The molecule has 0 aromatic carbocycles. The standard InChI is InChI=1S/C29H57N5O4/c30-29(31)34-22-17-19-26(25-35)32-23-18-24-33-27(36)20-15-13-11-9-7-5-3-1-2-4-6-8-10-12-14-16-21-28(37)38/h25-26,32H,1-24H2,(H,33,36)(H,37,38)(H4,30,31,34). The molecule has 1 atom stereocenters. The van der Waals surface area contributed by atoms with Crippen LogP contribution in [0.5, 0.6) is 0 Å². The minimum Gasteiger partial charge on any atom is -0.481 e. The number of unbranched alkanes of at least 4 members (excludes halogenated alkanes) is 15. The summed E-state index contributed by atoms with van der Waals surface area (Å²) in [5.41, 5.74) is 10.6. The van der Waals surface area contributed by atoms with Crippen molar-refractivity contribution in [1.29, 1.82) is 0 Å². The van der Waals surface area contributed by atoms with Crippen molar-refractivity contribution in [3.63, 3.8) is 0 Å². The Morgan fingerprint density at radius 1 is 0.684 bits per heavy atom. The van der Waals surface area contributed by atoms with Crippen molar-refractivity contribution in [2.24, 2.45) is 16.5 Å². The van der Waals surface area contributed by atoms with Gasteiger partial charge in [-0.05, 0) is 38.6 Å². The molecule has 1 unspecified atom stereocenters. The zero-order valence-electron chi connectivity index (χ0n) is 23.9. The van der Waals surface area contributed by atoms with E-state index in [4.69, 9.17) is 16.6 Å². The smallest absolute Gasteiger partial charge is 0.303 e. The highest BCUT2D eigenvalue weighted by molar-refractivity contribution is 5.76. The van der Waals surface area contributed by atoms with E-state index in [9.17, 15) is 14.4 Å². The number of amides is 1. The summed E-state index contributed by atoms with van der Waals surface area (Å²) in [5.74, 6) is -0.489. The lowest BCUT2D eigenvalue weighted by molar-refractivity contribution is -0.137. The molecule has 7 N–H and O–H groups in total. The van der Waals surface area contributed by atoms with Crippen LogP contribution >= 0.6 is 0 Å². The van der Waals surface area contributed by atoms with Gasteiger partial charge in [0.2, 0.25) is 5.91 Å². The van der Waals surface area contributed by atoms with E-state index in [0.29, 0.717) is 38.9 Å². The molecule has 0 radical (unpaired) electrons.